The van der Waals surface area contributed by atoms with Crippen molar-refractivity contribution in [3.63, 3.8) is 0 Å². The summed E-state index contributed by atoms with van der Waals surface area (Å²) in [5.41, 5.74) is 0. The van der Waals surface area contributed by atoms with Crippen molar-refractivity contribution in [2.24, 2.45) is 0 Å². The monoisotopic (exact) mass is 265 g/mol. The van der Waals surface area contributed by atoms with Crippen LogP contribution in [0.3, 0.4) is 0 Å². The molecule has 0 radical (unpaired) electrons. The molecule has 5 heteroatoms. The molecule has 0 rings (SSSR count). The van der Waals surface area contributed by atoms with Crippen LogP contribution in [0.25, 0.3) is 0 Å². The van der Waals surface area contributed by atoms with Crippen molar-refractivity contribution in [3.8, 4) is 0 Å². The Morgan fingerprint density at radius 3 is 2.47 bits per heavy atom. The average Bonchev–Trinajstić information content (AvgIpc) is 2.23. The quantitative estimate of drug-likeness (QED) is 0.577. The van der Waals surface area contributed by atoms with E-state index >= 15 is 0 Å². The lowest BCUT2D eigenvalue weighted by Gasteiger charge is -2.18. The van der Waals surface area contributed by atoms with Crippen LogP contribution in [0.4, 0.5) is 0 Å². The third kappa shape index (κ3) is 12.1. The summed E-state index contributed by atoms with van der Waals surface area (Å²) in [6.45, 7) is 6.61. The van der Waals surface area contributed by atoms with E-state index in [2.05, 4.69) is 19.2 Å². The van der Waals surface area contributed by atoms with Gasteiger partial charge in [0, 0.05) is 24.7 Å². The first kappa shape index (κ1) is 16.9. The summed E-state index contributed by atoms with van der Waals surface area (Å²) in [6.07, 6.45) is 4.95. The summed E-state index contributed by atoms with van der Waals surface area (Å²) in [5, 5.41) is 3.39. The minimum atomic E-state index is -2.83. The van der Waals surface area contributed by atoms with E-state index < -0.39 is 9.84 Å². The van der Waals surface area contributed by atoms with Crippen LogP contribution in [0.2, 0.25) is 0 Å². The maximum absolute atomic E-state index is 11.0. The Balaban J connectivity index is 3.83. The number of sulfone groups is 1. The van der Waals surface area contributed by atoms with Crippen LogP contribution in [-0.4, -0.2) is 46.2 Å². The predicted molar refractivity (Wildman–Crippen MR) is 72.1 cm³/mol. The normalized spacial score (nSPS) is 13.8. The number of rotatable bonds is 11. The second kappa shape index (κ2) is 9.85. The van der Waals surface area contributed by atoms with Crippen LogP contribution >= 0.6 is 0 Å². The van der Waals surface area contributed by atoms with Crippen molar-refractivity contribution in [3.05, 3.63) is 0 Å². The maximum Gasteiger partial charge on any atom is 0.147 e. The molecule has 1 atom stereocenters. The van der Waals surface area contributed by atoms with Gasteiger partial charge in [0.25, 0.3) is 0 Å². The van der Waals surface area contributed by atoms with Crippen LogP contribution in [0.15, 0.2) is 0 Å². The lowest BCUT2D eigenvalue weighted by molar-refractivity contribution is 0.109. The summed E-state index contributed by atoms with van der Waals surface area (Å²) in [4.78, 5) is 0. The van der Waals surface area contributed by atoms with Gasteiger partial charge in [-0.05, 0) is 32.2 Å². The highest BCUT2D eigenvalue weighted by Crippen LogP contribution is 2.01. The standard InChI is InChI=1S/C12H27NO3S/c1-4-8-13-12(11-16-9-5-2)7-6-10-17(3,14)15/h12-13H,4-11H2,1-3H3. The summed E-state index contributed by atoms with van der Waals surface area (Å²) in [7, 11) is -2.83. The highest BCUT2D eigenvalue weighted by molar-refractivity contribution is 7.90. The van der Waals surface area contributed by atoms with Crippen molar-refractivity contribution >= 4 is 9.84 Å². The van der Waals surface area contributed by atoms with Crippen LogP contribution < -0.4 is 5.32 Å². The lowest BCUT2D eigenvalue weighted by Crippen LogP contribution is -2.34. The molecule has 0 aromatic rings. The molecule has 0 saturated carbocycles. The largest absolute Gasteiger partial charge is 0.380 e. The highest BCUT2D eigenvalue weighted by atomic mass is 32.2. The third-order valence-electron chi connectivity index (χ3n) is 2.42. The molecule has 104 valence electrons. The summed E-state index contributed by atoms with van der Waals surface area (Å²) in [6, 6.07) is 0.281. The van der Waals surface area contributed by atoms with Gasteiger partial charge in [0.1, 0.15) is 9.84 Å². The summed E-state index contributed by atoms with van der Waals surface area (Å²) < 4.78 is 27.6. The van der Waals surface area contributed by atoms with E-state index in [1.165, 1.54) is 6.26 Å². The van der Waals surface area contributed by atoms with Crippen LogP contribution in [0.5, 0.6) is 0 Å². The Morgan fingerprint density at radius 2 is 1.94 bits per heavy atom. The fraction of sp³-hybridized carbons (Fsp3) is 1.00. The van der Waals surface area contributed by atoms with Gasteiger partial charge in [-0.25, -0.2) is 8.42 Å². The second-order valence-corrected chi connectivity index (χ2v) is 6.76. The molecule has 0 aromatic carbocycles. The molecular formula is C12H27NO3S. The van der Waals surface area contributed by atoms with Gasteiger partial charge in [-0.15, -0.1) is 0 Å². The van der Waals surface area contributed by atoms with Crippen LogP contribution in [0.1, 0.15) is 39.5 Å². The SMILES string of the molecule is CCCNC(CCCS(C)(=O)=O)COCCC. The van der Waals surface area contributed by atoms with Crippen molar-refractivity contribution in [1.29, 1.82) is 0 Å². The zero-order valence-corrected chi connectivity index (χ0v) is 12.2. The number of ether oxygens (including phenoxy) is 1. The molecule has 0 heterocycles. The molecule has 1 N–H and O–H groups in total. The topological polar surface area (TPSA) is 55.4 Å². The first-order valence-electron chi connectivity index (χ1n) is 6.48. The molecule has 0 aliphatic carbocycles. The lowest BCUT2D eigenvalue weighted by atomic mass is 10.2. The molecule has 0 amide bonds. The first-order valence-corrected chi connectivity index (χ1v) is 8.54. The second-order valence-electron chi connectivity index (χ2n) is 4.50. The summed E-state index contributed by atoms with van der Waals surface area (Å²) >= 11 is 0. The van der Waals surface area contributed by atoms with Gasteiger partial charge in [-0.1, -0.05) is 13.8 Å². The Labute approximate surface area is 106 Å². The fourth-order valence-electron chi connectivity index (χ4n) is 1.55. The molecule has 0 bridgehead atoms. The van der Waals surface area contributed by atoms with Crippen molar-refractivity contribution in [2.45, 2.75) is 45.6 Å². The molecule has 0 aliphatic rings. The van der Waals surface area contributed by atoms with Gasteiger partial charge in [0.05, 0.1) is 6.61 Å². The zero-order chi connectivity index (χ0) is 13.1. The summed E-state index contributed by atoms with van der Waals surface area (Å²) in [5.74, 6) is 0.269. The first-order chi connectivity index (χ1) is 7.99. The number of hydrogen-bond donors (Lipinski definition) is 1. The fourth-order valence-corrected chi connectivity index (χ4v) is 2.25. The molecule has 0 aliphatic heterocycles. The van der Waals surface area contributed by atoms with Gasteiger partial charge < -0.3 is 10.1 Å². The van der Waals surface area contributed by atoms with Crippen molar-refractivity contribution in [2.75, 3.05) is 31.8 Å². The zero-order valence-electron chi connectivity index (χ0n) is 11.4. The Morgan fingerprint density at radius 1 is 1.24 bits per heavy atom. The maximum atomic E-state index is 11.0. The highest BCUT2D eigenvalue weighted by Gasteiger charge is 2.09. The predicted octanol–water partition coefficient (Wildman–Crippen LogP) is 1.61. The molecule has 17 heavy (non-hydrogen) atoms. The molecule has 0 aromatic heterocycles. The Bertz CT molecular complexity index is 265. The van der Waals surface area contributed by atoms with Gasteiger partial charge in [0.15, 0.2) is 0 Å². The molecule has 0 saturated heterocycles. The van der Waals surface area contributed by atoms with E-state index in [1.54, 1.807) is 0 Å². The van der Waals surface area contributed by atoms with Gasteiger partial charge in [-0.3, -0.25) is 0 Å². The molecule has 4 nitrogen and oxygen atoms in total. The van der Waals surface area contributed by atoms with E-state index in [0.717, 1.165) is 32.4 Å². The van der Waals surface area contributed by atoms with Gasteiger partial charge in [0.2, 0.25) is 0 Å². The minimum absolute atomic E-state index is 0.269. The number of nitrogens with one attached hydrogen (secondary N) is 1. The van der Waals surface area contributed by atoms with E-state index in [9.17, 15) is 8.42 Å². The Kier molecular flexibility index (Phi) is 9.78. The van der Waals surface area contributed by atoms with E-state index in [-0.39, 0.29) is 11.8 Å². The smallest absolute Gasteiger partial charge is 0.147 e. The van der Waals surface area contributed by atoms with Crippen molar-refractivity contribution in [1.82, 2.24) is 5.32 Å². The van der Waals surface area contributed by atoms with Gasteiger partial charge in [-0.2, -0.15) is 0 Å². The number of hydrogen-bond acceptors (Lipinski definition) is 4. The van der Waals surface area contributed by atoms with Gasteiger partial charge >= 0.3 is 0 Å². The third-order valence-corrected chi connectivity index (χ3v) is 3.45. The van der Waals surface area contributed by atoms with Crippen LogP contribution in [0, 0.1) is 0 Å². The Hall–Kier alpha value is -0.130. The van der Waals surface area contributed by atoms with Crippen molar-refractivity contribution < 1.29 is 13.2 Å². The molecular weight excluding hydrogens is 238 g/mol. The molecule has 0 spiro atoms. The van der Waals surface area contributed by atoms with E-state index in [1.807, 2.05) is 0 Å². The molecule has 1 unspecified atom stereocenters. The average molecular weight is 265 g/mol. The minimum Gasteiger partial charge on any atom is -0.380 e. The van der Waals surface area contributed by atoms with E-state index in [4.69, 9.17) is 4.74 Å². The van der Waals surface area contributed by atoms with E-state index in [0.29, 0.717) is 13.0 Å². The molecule has 0 fully saturated rings. The van der Waals surface area contributed by atoms with Crippen LogP contribution in [-0.2, 0) is 14.6 Å².